The molecule has 2 rings (SSSR count). The number of piperidine rings is 1. The topological polar surface area (TPSA) is 21.3 Å². The number of hydrogen-bond acceptors (Lipinski definition) is 2. The fourth-order valence-corrected chi connectivity index (χ4v) is 2.55. The molecule has 2 aliphatic heterocycles. The van der Waals surface area contributed by atoms with Gasteiger partial charge in [0.05, 0.1) is 0 Å². The summed E-state index contributed by atoms with van der Waals surface area (Å²) in [6, 6.07) is 0. The molecular weight excluding hydrogens is 181 g/mol. The number of halogens is 1. The van der Waals surface area contributed by atoms with E-state index < -0.39 is 6.17 Å². The van der Waals surface area contributed by atoms with Crippen LogP contribution in [-0.4, -0.2) is 32.5 Å². The van der Waals surface area contributed by atoms with Crippen molar-refractivity contribution in [1.29, 1.82) is 0 Å². The minimum Gasteiger partial charge on any atom is -0.381 e. The molecule has 0 aliphatic carbocycles. The average molecular weight is 201 g/mol. The molecule has 1 N–H and O–H groups in total. The smallest absolute Gasteiger partial charge is 0.115 e. The zero-order chi connectivity index (χ0) is 9.80. The van der Waals surface area contributed by atoms with E-state index in [4.69, 9.17) is 4.74 Å². The summed E-state index contributed by atoms with van der Waals surface area (Å²) in [6.45, 7) is 3.32. The van der Waals surface area contributed by atoms with Crippen LogP contribution in [0.25, 0.3) is 0 Å². The van der Waals surface area contributed by atoms with Gasteiger partial charge >= 0.3 is 0 Å². The SMILES string of the molecule is F[C@H]1CNCC[C@H]1CC1CCOCC1. The summed E-state index contributed by atoms with van der Waals surface area (Å²) in [5.74, 6) is 1.02. The fourth-order valence-electron chi connectivity index (χ4n) is 2.55. The van der Waals surface area contributed by atoms with Gasteiger partial charge < -0.3 is 10.1 Å². The van der Waals surface area contributed by atoms with Crippen LogP contribution in [0.1, 0.15) is 25.7 Å². The van der Waals surface area contributed by atoms with E-state index in [0.717, 1.165) is 45.4 Å². The lowest BCUT2D eigenvalue weighted by Gasteiger charge is -2.31. The van der Waals surface area contributed by atoms with Crippen molar-refractivity contribution < 1.29 is 9.13 Å². The zero-order valence-corrected chi connectivity index (χ0v) is 8.68. The molecular formula is C11H20FNO. The van der Waals surface area contributed by atoms with E-state index in [1.807, 2.05) is 0 Å². The average Bonchev–Trinajstić information content (AvgIpc) is 2.23. The molecule has 14 heavy (non-hydrogen) atoms. The second kappa shape index (κ2) is 5.08. The van der Waals surface area contributed by atoms with Crippen molar-refractivity contribution in [2.45, 2.75) is 31.9 Å². The van der Waals surface area contributed by atoms with Crippen molar-refractivity contribution in [2.24, 2.45) is 11.8 Å². The molecule has 0 aromatic rings. The van der Waals surface area contributed by atoms with Crippen LogP contribution in [0.4, 0.5) is 4.39 Å². The third-order valence-corrected chi connectivity index (χ3v) is 3.52. The lowest BCUT2D eigenvalue weighted by molar-refractivity contribution is 0.0480. The molecule has 0 saturated carbocycles. The van der Waals surface area contributed by atoms with Crippen LogP contribution in [0.2, 0.25) is 0 Å². The van der Waals surface area contributed by atoms with Gasteiger partial charge in [-0.1, -0.05) is 0 Å². The molecule has 2 aliphatic rings. The van der Waals surface area contributed by atoms with E-state index in [0.29, 0.717) is 18.4 Å². The van der Waals surface area contributed by atoms with E-state index >= 15 is 0 Å². The molecule has 2 saturated heterocycles. The van der Waals surface area contributed by atoms with Crippen molar-refractivity contribution in [3.05, 3.63) is 0 Å². The Morgan fingerprint density at radius 2 is 2.00 bits per heavy atom. The largest absolute Gasteiger partial charge is 0.381 e. The normalized spacial score (nSPS) is 35.8. The van der Waals surface area contributed by atoms with Crippen LogP contribution in [-0.2, 0) is 4.74 Å². The Hall–Kier alpha value is -0.150. The molecule has 3 heteroatoms. The Morgan fingerprint density at radius 1 is 1.21 bits per heavy atom. The molecule has 0 aromatic carbocycles. The molecule has 0 amide bonds. The minimum absolute atomic E-state index is 0.305. The van der Waals surface area contributed by atoms with Gasteiger partial charge in [-0.25, -0.2) is 4.39 Å². The number of rotatable bonds is 2. The van der Waals surface area contributed by atoms with Crippen molar-refractivity contribution in [2.75, 3.05) is 26.3 Å². The van der Waals surface area contributed by atoms with Gasteiger partial charge in [0.25, 0.3) is 0 Å². The van der Waals surface area contributed by atoms with Gasteiger partial charge in [-0.15, -0.1) is 0 Å². The van der Waals surface area contributed by atoms with E-state index in [9.17, 15) is 4.39 Å². The Morgan fingerprint density at radius 3 is 2.71 bits per heavy atom. The van der Waals surface area contributed by atoms with Crippen molar-refractivity contribution >= 4 is 0 Å². The molecule has 0 aromatic heterocycles. The number of nitrogens with one attached hydrogen (secondary N) is 1. The first-order valence-electron chi connectivity index (χ1n) is 5.79. The maximum absolute atomic E-state index is 13.5. The predicted octanol–water partition coefficient (Wildman–Crippen LogP) is 1.75. The lowest BCUT2D eigenvalue weighted by Crippen LogP contribution is -2.39. The quantitative estimate of drug-likeness (QED) is 0.735. The molecule has 82 valence electrons. The van der Waals surface area contributed by atoms with Crippen LogP contribution >= 0.6 is 0 Å². The second-order valence-corrected chi connectivity index (χ2v) is 4.56. The molecule has 2 fully saturated rings. The Bertz CT molecular complexity index is 171. The van der Waals surface area contributed by atoms with Gasteiger partial charge in [0.2, 0.25) is 0 Å². The first kappa shape index (κ1) is 10.4. The number of alkyl halides is 1. The highest BCUT2D eigenvalue weighted by atomic mass is 19.1. The van der Waals surface area contributed by atoms with Crippen molar-refractivity contribution in [3.8, 4) is 0 Å². The molecule has 2 nitrogen and oxygen atoms in total. The van der Waals surface area contributed by atoms with Crippen molar-refractivity contribution in [3.63, 3.8) is 0 Å². The van der Waals surface area contributed by atoms with Gasteiger partial charge in [-0.2, -0.15) is 0 Å². The third kappa shape index (κ3) is 2.67. The molecule has 0 bridgehead atoms. The highest BCUT2D eigenvalue weighted by Gasteiger charge is 2.27. The summed E-state index contributed by atoms with van der Waals surface area (Å²) < 4.78 is 18.8. The van der Waals surface area contributed by atoms with E-state index in [2.05, 4.69) is 5.32 Å². The monoisotopic (exact) mass is 201 g/mol. The lowest BCUT2D eigenvalue weighted by atomic mass is 9.83. The van der Waals surface area contributed by atoms with Crippen LogP contribution in [0.5, 0.6) is 0 Å². The van der Waals surface area contributed by atoms with E-state index in [1.54, 1.807) is 0 Å². The Labute approximate surface area is 85.2 Å². The minimum atomic E-state index is -0.619. The summed E-state index contributed by atoms with van der Waals surface area (Å²) in [6.07, 6.45) is 3.74. The standard InChI is InChI=1S/C11H20FNO/c12-11-8-13-4-1-10(11)7-9-2-5-14-6-3-9/h9-11,13H,1-8H2/t10-,11-/m0/s1. The molecule has 2 atom stereocenters. The summed E-state index contributed by atoms with van der Waals surface area (Å²) in [5.41, 5.74) is 0. The number of ether oxygens (including phenoxy) is 1. The molecule has 0 radical (unpaired) electrons. The Balaban J connectivity index is 1.76. The summed E-state index contributed by atoms with van der Waals surface area (Å²) in [4.78, 5) is 0. The van der Waals surface area contributed by atoms with Crippen LogP contribution in [0, 0.1) is 11.8 Å². The van der Waals surface area contributed by atoms with Gasteiger partial charge in [0, 0.05) is 19.8 Å². The fraction of sp³-hybridized carbons (Fsp3) is 1.00. The van der Waals surface area contributed by atoms with Crippen LogP contribution in [0.3, 0.4) is 0 Å². The molecule has 0 unspecified atom stereocenters. The van der Waals surface area contributed by atoms with E-state index in [-0.39, 0.29) is 0 Å². The third-order valence-electron chi connectivity index (χ3n) is 3.52. The maximum Gasteiger partial charge on any atom is 0.115 e. The summed E-state index contributed by atoms with van der Waals surface area (Å²) in [5, 5.41) is 3.10. The van der Waals surface area contributed by atoms with Gasteiger partial charge in [0.15, 0.2) is 0 Å². The molecule has 2 heterocycles. The van der Waals surface area contributed by atoms with Gasteiger partial charge in [0.1, 0.15) is 6.17 Å². The Kier molecular flexibility index (Phi) is 3.76. The first-order valence-corrected chi connectivity index (χ1v) is 5.79. The van der Waals surface area contributed by atoms with Crippen molar-refractivity contribution in [1.82, 2.24) is 5.32 Å². The predicted molar refractivity (Wildman–Crippen MR) is 54.0 cm³/mol. The van der Waals surface area contributed by atoms with Gasteiger partial charge in [-0.05, 0) is 44.1 Å². The van der Waals surface area contributed by atoms with Crippen LogP contribution < -0.4 is 5.32 Å². The first-order chi connectivity index (χ1) is 6.86. The van der Waals surface area contributed by atoms with Crippen LogP contribution in [0.15, 0.2) is 0 Å². The molecule has 0 spiro atoms. The second-order valence-electron chi connectivity index (χ2n) is 4.56. The van der Waals surface area contributed by atoms with E-state index in [1.165, 1.54) is 0 Å². The maximum atomic E-state index is 13.5. The summed E-state index contributed by atoms with van der Waals surface area (Å²) >= 11 is 0. The van der Waals surface area contributed by atoms with Gasteiger partial charge in [-0.3, -0.25) is 0 Å². The summed E-state index contributed by atoms with van der Waals surface area (Å²) in [7, 11) is 0. The highest BCUT2D eigenvalue weighted by molar-refractivity contribution is 4.80. The highest BCUT2D eigenvalue weighted by Crippen LogP contribution is 2.28. The number of hydrogen-bond donors (Lipinski definition) is 1. The zero-order valence-electron chi connectivity index (χ0n) is 8.68.